The normalized spacial score (nSPS) is 14.1. The molecular weight excluding hydrogens is 425 g/mol. The standard InChI is InChI=1S/C22H17F3N4OS/c1-28-20(15-10-19(31-12-15)22(23,24)25)16-6-8-29(11-18(16)27-28)21(30)14-4-5-17-13(9-14)3-2-7-26-17/h2-5,7,9-10,12H,6,8,11H2,1H3. The van der Waals surface area contributed by atoms with Crippen LogP contribution in [-0.4, -0.2) is 32.1 Å². The van der Waals surface area contributed by atoms with Crippen molar-refractivity contribution < 1.29 is 18.0 Å². The number of carbonyl (C=O) groups is 1. The number of rotatable bonds is 2. The van der Waals surface area contributed by atoms with Gasteiger partial charge in [0.25, 0.3) is 5.91 Å². The first-order chi connectivity index (χ1) is 14.8. The lowest BCUT2D eigenvalue weighted by atomic mass is 10.00. The highest BCUT2D eigenvalue weighted by Gasteiger charge is 2.34. The van der Waals surface area contributed by atoms with E-state index in [1.165, 1.54) is 11.4 Å². The fourth-order valence-electron chi connectivity index (χ4n) is 4.05. The molecule has 4 heterocycles. The molecule has 0 N–H and O–H groups in total. The average Bonchev–Trinajstić information content (AvgIpc) is 3.36. The Balaban J connectivity index is 1.43. The van der Waals surface area contributed by atoms with Gasteiger partial charge in [-0.25, -0.2) is 0 Å². The zero-order valence-electron chi connectivity index (χ0n) is 16.5. The largest absolute Gasteiger partial charge is 0.425 e. The number of benzene rings is 1. The van der Waals surface area contributed by atoms with Crippen LogP contribution in [0.25, 0.3) is 22.2 Å². The van der Waals surface area contributed by atoms with Crippen molar-refractivity contribution in [1.29, 1.82) is 0 Å². The zero-order chi connectivity index (χ0) is 21.8. The summed E-state index contributed by atoms with van der Waals surface area (Å²) in [5, 5.41) is 6.92. The lowest BCUT2D eigenvalue weighted by molar-refractivity contribution is -0.134. The highest BCUT2D eigenvalue weighted by atomic mass is 32.1. The van der Waals surface area contributed by atoms with Crippen molar-refractivity contribution in [2.24, 2.45) is 7.05 Å². The maximum absolute atomic E-state index is 13.1. The Bertz CT molecular complexity index is 1310. The number of aryl methyl sites for hydroxylation is 1. The molecule has 0 saturated carbocycles. The van der Waals surface area contributed by atoms with Crippen LogP contribution in [0.3, 0.4) is 0 Å². The molecular formula is C22H17F3N4OS. The fourth-order valence-corrected chi connectivity index (χ4v) is 4.82. The van der Waals surface area contributed by atoms with E-state index in [2.05, 4.69) is 10.1 Å². The van der Waals surface area contributed by atoms with Gasteiger partial charge in [0.15, 0.2) is 0 Å². The van der Waals surface area contributed by atoms with Gasteiger partial charge in [-0.3, -0.25) is 14.5 Å². The van der Waals surface area contributed by atoms with Gasteiger partial charge >= 0.3 is 6.18 Å². The molecule has 0 fully saturated rings. The lowest BCUT2D eigenvalue weighted by Crippen LogP contribution is -2.36. The smallest absolute Gasteiger partial charge is 0.332 e. The third-order valence-electron chi connectivity index (χ3n) is 5.49. The third-order valence-corrected chi connectivity index (χ3v) is 6.47. The first kappa shape index (κ1) is 19.7. The summed E-state index contributed by atoms with van der Waals surface area (Å²) in [7, 11) is 1.72. The summed E-state index contributed by atoms with van der Waals surface area (Å²) in [5.41, 5.74) is 4.22. The molecule has 1 aliphatic heterocycles. The van der Waals surface area contributed by atoms with E-state index in [0.29, 0.717) is 47.7 Å². The number of thiophene rings is 1. The number of carbonyl (C=O) groups excluding carboxylic acids is 1. The van der Waals surface area contributed by atoms with Gasteiger partial charge in [0.2, 0.25) is 0 Å². The van der Waals surface area contributed by atoms with Crippen molar-refractivity contribution in [3.8, 4) is 11.3 Å². The summed E-state index contributed by atoms with van der Waals surface area (Å²) in [6, 6.07) is 10.3. The summed E-state index contributed by atoms with van der Waals surface area (Å²) in [5.74, 6) is -0.0986. The molecule has 1 aromatic carbocycles. The van der Waals surface area contributed by atoms with E-state index >= 15 is 0 Å². The predicted molar refractivity (Wildman–Crippen MR) is 112 cm³/mol. The lowest BCUT2D eigenvalue weighted by Gasteiger charge is -2.26. The molecule has 0 saturated heterocycles. The average molecular weight is 442 g/mol. The maximum atomic E-state index is 13.1. The fraction of sp³-hybridized carbons (Fsp3) is 0.227. The number of hydrogen-bond acceptors (Lipinski definition) is 4. The third kappa shape index (κ3) is 3.48. The van der Waals surface area contributed by atoms with E-state index in [1.54, 1.807) is 28.9 Å². The van der Waals surface area contributed by atoms with Gasteiger partial charge in [0.05, 0.1) is 23.4 Å². The molecule has 4 aromatic rings. The van der Waals surface area contributed by atoms with Crippen LogP contribution in [0.5, 0.6) is 0 Å². The monoisotopic (exact) mass is 442 g/mol. The van der Waals surface area contributed by atoms with Crippen LogP contribution < -0.4 is 0 Å². The maximum Gasteiger partial charge on any atom is 0.425 e. The summed E-state index contributed by atoms with van der Waals surface area (Å²) >= 11 is 0.682. The Kier molecular flexibility index (Phi) is 4.58. The highest BCUT2D eigenvalue weighted by Crippen LogP contribution is 2.39. The number of pyridine rings is 1. The zero-order valence-corrected chi connectivity index (χ0v) is 17.3. The minimum atomic E-state index is -4.36. The first-order valence-electron chi connectivity index (χ1n) is 9.66. The van der Waals surface area contributed by atoms with E-state index in [-0.39, 0.29) is 5.91 Å². The molecule has 0 bridgehead atoms. The van der Waals surface area contributed by atoms with E-state index < -0.39 is 11.1 Å². The van der Waals surface area contributed by atoms with Crippen LogP contribution >= 0.6 is 11.3 Å². The van der Waals surface area contributed by atoms with Gasteiger partial charge in [0, 0.05) is 47.2 Å². The summed E-state index contributed by atoms with van der Waals surface area (Å²) in [4.78, 5) is 18.4. The molecule has 158 valence electrons. The number of aromatic nitrogens is 3. The minimum Gasteiger partial charge on any atom is -0.332 e. The Morgan fingerprint density at radius 3 is 2.81 bits per heavy atom. The molecule has 1 amide bonds. The van der Waals surface area contributed by atoms with Crippen LogP contribution in [0.15, 0.2) is 48.0 Å². The Morgan fingerprint density at radius 2 is 2.03 bits per heavy atom. The number of nitrogens with zero attached hydrogens (tertiary/aromatic N) is 4. The Hall–Kier alpha value is -3.20. The van der Waals surface area contributed by atoms with Crippen LogP contribution in [0.1, 0.15) is 26.5 Å². The molecule has 0 aliphatic carbocycles. The van der Waals surface area contributed by atoms with Crippen LogP contribution in [0.4, 0.5) is 13.2 Å². The quantitative estimate of drug-likeness (QED) is 0.443. The van der Waals surface area contributed by atoms with Gasteiger partial charge in [-0.2, -0.15) is 18.3 Å². The number of alkyl halides is 3. The number of amides is 1. The van der Waals surface area contributed by atoms with Gasteiger partial charge in [0.1, 0.15) is 4.88 Å². The molecule has 0 spiro atoms. The van der Waals surface area contributed by atoms with Gasteiger partial charge < -0.3 is 4.90 Å². The van der Waals surface area contributed by atoms with E-state index in [4.69, 9.17) is 0 Å². The van der Waals surface area contributed by atoms with Crippen molar-refractivity contribution in [2.75, 3.05) is 6.54 Å². The number of halogens is 3. The molecule has 5 rings (SSSR count). The van der Waals surface area contributed by atoms with E-state index in [1.807, 2.05) is 24.3 Å². The molecule has 0 unspecified atom stereocenters. The van der Waals surface area contributed by atoms with E-state index in [9.17, 15) is 18.0 Å². The Labute approximate surface area is 179 Å². The minimum absolute atomic E-state index is 0.0986. The molecule has 0 radical (unpaired) electrons. The van der Waals surface area contributed by atoms with Gasteiger partial charge in [-0.1, -0.05) is 6.07 Å². The summed E-state index contributed by atoms with van der Waals surface area (Å²) < 4.78 is 40.7. The number of fused-ring (bicyclic) bond motifs is 2. The topological polar surface area (TPSA) is 51.0 Å². The predicted octanol–water partition coefficient (Wildman–Crippen LogP) is 4.91. The molecule has 5 nitrogen and oxygen atoms in total. The van der Waals surface area contributed by atoms with Gasteiger partial charge in [-0.15, -0.1) is 11.3 Å². The van der Waals surface area contributed by atoms with Crippen molar-refractivity contribution >= 4 is 28.1 Å². The second-order valence-electron chi connectivity index (χ2n) is 7.48. The van der Waals surface area contributed by atoms with Crippen LogP contribution in [0.2, 0.25) is 0 Å². The summed E-state index contributed by atoms with van der Waals surface area (Å²) in [6.45, 7) is 0.801. The second kappa shape index (κ2) is 7.19. The first-order valence-corrected chi connectivity index (χ1v) is 10.5. The van der Waals surface area contributed by atoms with E-state index in [0.717, 1.165) is 22.2 Å². The van der Waals surface area contributed by atoms with Crippen molar-refractivity contribution in [1.82, 2.24) is 19.7 Å². The number of hydrogen-bond donors (Lipinski definition) is 0. The van der Waals surface area contributed by atoms with Crippen molar-refractivity contribution in [3.63, 3.8) is 0 Å². The summed E-state index contributed by atoms with van der Waals surface area (Å²) in [6.07, 6.45) is -2.11. The molecule has 1 aliphatic rings. The highest BCUT2D eigenvalue weighted by molar-refractivity contribution is 7.10. The van der Waals surface area contributed by atoms with Crippen LogP contribution in [0, 0.1) is 0 Å². The SMILES string of the molecule is Cn1nc2c(c1-c1csc(C(F)(F)F)c1)CCN(C(=O)c1ccc3ncccc3c1)C2. The van der Waals surface area contributed by atoms with Crippen LogP contribution in [-0.2, 0) is 26.2 Å². The molecule has 31 heavy (non-hydrogen) atoms. The Morgan fingerprint density at radius 1 is 1.19 bits per heavy atom. The van der Waals surface area contributed by atoms with Crippen molar-refractivity contribution in [2.45, 2.75) is 19.1 Å². The molecule has 9 heteroatoms. The van der Waals surface area contributed by atoms with Gasteiger partial charge in [-0.05, 0) is 36.8 Å². The van der Waals surface area contributed by atoms with Crippen molar-refractivity contribution in [3.05, 3.63) is 69.7 Å². The molecule has 0 atom stereocenters. The molecule has 3 aromatic heterocycles. The second-order valence-corrected chi connectivity index (χ2v) is 8.39.